The van der Waals surface area contributed by atoms with Gasteiger partial charge in [0.2, 0.25) is 12.1 Å². The third kappa shape index (κ3) is 4.84. The largest absolute Gasteiger partial charge is 0.365 e. The summed E-state index contributed by atoms with van der Waals surface area (Å²) in [6.45, 7) is 4.30. The average molecular weight is 538 g/mol. The van der Waals surface area contributed by atoms with Crippen LogP contribution in [0.15, 0.2) is 77.9 Å². The van der Waals surface area contributed by atoms with Crippen LogP contribution in [0.3, 0.4) is 0 Å². The molecule has 3 N–H and O–H groups in total. The molecule has 202 valence electrons. The first-order valence-corrected chi connectivity index (χ1v) is 13.2. The van der Waals surface area contributed by atoms with E-state index in [1.54, 1.807) is 18.2 Å². The Bertz CT molecular complexity index is 1640. The number of carbonyl (C=O) groups excluding carboxylic acids is 2. The van der Waals surface area contributed by atoms with Crippen molar-refractivity contribution >= 4 is 29.0 Å². The number of nitrogens with zero attached hydrogens (tertiary/aromatic N) is 4. The number of amides is 2. The normalized spacial score (nSPS) is 17.2. The fourth-order valence-electron chi connectivity index (χ4n) is 4.76. The number of aliphatic imine (C=N–C) groups is 1. The van der Waals surface area contributed by atoms with Gasteiger partial charge in [-0.25, -0.2) is 9.98 Å². The Hall–Kier alpha value is -4.86. The molecule has 0 spiro atoms. The number of aryl methyl sites for hydroxylation is 1. The van der Waals surface area contributed by atoms with E-state index in [1.807, 2.05) is 55.5 Å². The number of benzene rings is 2. The summed E-state index contributed by atoms with van der Waals surface area (Å²) >= 11 is 0. The molecule has 2 aromatic heterocycles. The third-order valence-electron chi connectivity index (χ3n) is 7.18. The zero-order valence-corrected chi connectivity index (χ0v) is 22.1. The molecule has 0 unspecified atom stereocenters. The standard InChI is InChI=1S/C30H28FN7O2/c1-3-38-25(20-13-14-23(34-26(20)31)37-30(2)15-16-30)21(17-32-38)28(39)36-27-29(40)33-22-12-8-7-11-19(22)24(35-27)18-9-5-4-6-10-18/h4-14,17,27H,3,15-16H2,1-2H3,(H,33,40)(H,34,37)(H,36,39)/t27-/m1/s1. The number of halogens is 1. The first-order chi connectivity index (χ1) is 19.3. The molecule has 2 aromatic carbocycles. The van der Waals surface area contributed by atoms with Crippen LogP contribution in [0.2, 0.25) is 0 Å². The van der Waals surface area contributed by atoms with Crippen LogP contribution < -0.4 is 16.0 Å². The zero-order chi connectivity index (χ0) is 27.9. The van der Waals surface area contributed by atoms with E-state index in [9.17, 15) is 9.59 Å². The van der Waals surface area contributed by atoms with Crippen molar-refractivity contribution in [3.05, 3.63) is 95.6 Å². The van der Waals surface area contributed by atoms with E-state index < -0.39 is 23.9 Å². The lowest BCUT2D eigenvalue weighted by molar-refractivity contribution is -0.117. The number of nitrogens with one attached hydrogen (secondary N) is 3. The molecule has 1 aliphatic heterocycles. The van der Waals surface area contributed by atoms with Crippen molar-refractivity contribution in [2.45, 2.75) is 44.9 Å². The number of pyridine rings is 1. The Morgan fingerprint density at radius 3 is 2.55 bits per heavy atom. The van der Waals surface area contributed by atoms with Gasteiger partial charge in [0, 0.05) is 23.2 Å². The zero-order valence-electron chi connectivity index (χ0n) is 22.1. The fraction of sp³-hybridized carbons (Fsp3) is 0.233. The van der Waals surface area contributed by atoms with Crippen LogP contribution in [0, 0.1) is 5.95 Å². The number of para-hydroxylation sites is 1. The van der Waals surface area contributed by atoms with Gasteiger partial charge in [0.1, 0.15) is 5.82 Å². The highest BCUT2D eigenvalue weighted by molar-refractivity contribution is 6.20. The summed E-state index contributed by atoms with van der Waals surface area (Å²) in [5.74, 6) is -1.38. The second-order valence-corrected chi connectivity index (χ2v) is 10.2. The molecule has 10 heteroatoms. The number of carbonyl (C=O) groups is 2. The molecule has 3 heterocycles. The maximum Gasteiger partial charge on any atom is 0.269 e. The lowest BCUT2D eigenvalue weighted by Crippen LogP contribution is -2.42. The minimum absolute atomic E-state index is 0.0603. The lowest BCUT2D eigenvalue weighted by Gasteiger charge is -2.15. The minimum Gasteiger partial charge on any atom is -0.365 e. The van der Waals surface area contributed by atoms with E-state index in [2.05, 4.69) is 37.9 Å². The predicted octanol–water partition coefficient (Wildman–Crippen LogP) is 4.61. The Morgan fingerprint density at radius 1 is 1.07 bits per heavy atom. The fourth-order valence-corrected chi connectivity index (χ4v) is 4.76. The quantitative estimate of drug-likeness (QED) is 0.298. The number of rotatable bonds is 7. The molecule has 2 amide bonds. The third-order valence-corrected chi connectivity index (χ3v) is 7.18. The van der Waals surface area contributed by atoms with Crippen molar-refractivity contribution < 1.29 is 14.0 Å². The highest BCUT2D eigenvalue weighted by Gasteiger charge is 2.37. The summed E-state index contributed by atoms with van der Waals surface area (Å²) in [5, 5.41) is 13.1. The first-order valence-electron chi connectivity index (χ1n) is 13.2. The van der Waals surface area contributed by atoms with Crippen molar-refractivity contribution in [3.63, 3.8) is 0 Å². The highest BCUT2D eigenvalue weighted by atomic mass is 19.1. The van der Waals surface area contributed by atoms with Gasteiger partial charge < -0.3 is 16.0 Å². The van der Waals surface area contributed by atoms with E-state index in [1.165, 1.54) is 10.9 Å². The maximum absolute atomic E-state index is 15.3. The molecule has 0 bridgehead atoms. The van der Waals surface area contributed by atoms with Gasteiger partial charge in [-0.3, -0.25) is 14.3 Å². The average Bonchev–Trinajstić information content (AvgIpc) is 3.56. The Morgan fingerprint density at radius 2 is 1.82 bits per heavy atom. The number of benzodiazepines with no additional fused rings is 1. The monoisotopic (exact) mass is 537 g/mol. The molecule has 40 heavy (non-hydrogen) atoms. The molecular weight excluding hydrogens is 509 g/mol. The summed E-state index contributed by atoms with van der Waals surface area (Å²) in [6.07, 6.45) is 2.14. The van der Waals surface area contributed by atoms with Crippen molar-refractivity contribution in [1.82, 2.24) is 20.1 Å². The van der Waals surface area contributed by atoms with Crippen LogP contribution in [0.4, 0.5) is 15.9 Å². The van der Waals surface area contributed by atoms with Gasteiger partial charge in [-0.1, -0.05) is 48.5 Å². The van der Waals surface area contributed by atoms with Crippen molar-refractivity contribution in [2.24, 2.45) is 4.99 Å². The molecule has 1 atom stereocenters. The van der Waals surface area contributed by atoms with Crippen LogP contribution in [0.1, 0.15) is 48.2 Å². The molecule has 2 aliphatic rings. The molecule has 9 nitrogen and oxygen atoms in total. The number of hydrogen-bond donors (Lipinski definition) is 3. The lowest BCUT2D eigenvalue weighted by atomic mass is 10.0. The van der Waals surface area contributed by atoms with Gasteiger partial charge in [0.05, 0.1) is 34.4 Å². The van der Waals surface area contributed by atoms with E-state index in [0.717, 1.165) is 24.0 Å². The number of hydrogen-bond acceptors (Lipinski definition) is 6. The van der Waals surface area contributed by atoms with Gasteiger partial charge >= 0.3 is 0 Å². The predicted molar refractivity (Wildman–Crippen MR) is 151 cm³/mol. The van der Waals surface area contributed by atoms with Crippen LogP contribution in [0.5, 0.6) is 0 Å². The van der Waals surface area contributed by atoms with Crippen LogP contribution in [0.25, 0.3) is 11.3 Å². The molecule has 1 saturated carbocycles. The summed E-state index contributed by atoms with van der Waals surface area (Å²) in [4.78, 5) is 35.6. The number of fused-ring (bicyclic) bond motifs is 1. The number of aromatic nitrogens is 3. The maximum atomic E-state index is 15.3. The van der Waals surface area contributed by atoms with Crippen molar-refractivity contribution in [2.75, 3.05) is 10.6 Å². The second kappa shape index (κ2) is 10.0. The molecule has 1 aliphatic carbocycles. The van der Waals surface area contributed by atoms with E-state index >= 15 is 4.39 Å². The second-order valence-electron chi connectivity index (χ2n) is 10.2. The molecule has 0 radical (unpaired) electrons. The van der Waals surface area contributed by atoms with Crippen molar-refractivity contribution in [3.8, 4) is 11.3 Å². The molecular formula is C30H28FN7O2. The topological polar surface area (TPSA) is 113 Å². The van der Waals surface area contributed by atoms with Gasteiger partial charge in [-0.15, -0.1) is 0 Å². The molecule has 6 rings (SSSR count). The Labute approximate surface area is 230 Å². The minimum atomic E-state index is -1.23. The smallest absolute Gasteiger partial charge is 0.269 e. The van der Waals surface area contributed by atoms with Crippen LogP contribution in [-0.2, 0) is 11.3 Å². The summed E-state index contributed by atoms with van der Waals surface area (Å²) in [6, 6.07) is 20.1. The molecule has 0 saturated heterocycles. The van der Waals surface area contributed by atoms with E-state index in [-0.39, 0.29) is 22.4 Å². The Kier molecular flexibility index (Phi) is 6.37. The van der Waals surface area contributed by atoms with Crippen LogP contribution in [-0.4, -0.2) is 44.0 Å². The first kappa shape index (κ1) is 25.4. The van der Waals surface area contributed by atoms with E-state index in [4.69, 9.17) is 0 Å². The van der Waals surface area contributed by atoms with Gasteiger partial charge in [-0.05, 0) is 44.9 Å². The summed E-state index contributed by atoms with van der Waals surface area (Å²) < 4.78 is 16.9. The number of anilines is 2. The molecule has 1 fully saturated rings. The highest BCUT2D eigenvalue weighted by Crippen LogP contribution is 2.38. The van der Waals surface area contributed by atoms with Crippen molar-refractivity contribution in [1.29, 1.82) is 0 Å². The SMILES string of the molecule is CCn1ncc(C(=O)N[C@H]2N=C(c3ccccc3)c3ccccc3NC2=O)c1-c1ccc(NC2(C)CC2)nc1F. The van der Waals surface area contributed by atoms with Crippen LogP contribution >= 0.6 is 0 Å². The summed E-state index contributed by atoms with van der Waals surface area (Å²) in [5.41, 5.74) is 3.16. The molecule has 4 aromatic rings. The Balaban J connectivity index is 1.34. The summed E-state index contributed by atoms with van der Waals surface area (Å²) in [7, 11) is 0. The van der Waals surface area contributed by atoms with E-state index in [0.29, 0.717) is 23.8 Å². The van der Waals surface area contributed by atoms with Gasteiger partial charge in [0.15, 0.2) is 0 Å². The van der Waals surface area contributed by atoms with Gasteiger partial charge in [-0.2, -0.15) is 9.49 Å². The van der Waals surface area contributed by atoms with Gasteiger partial charge in [0.25, 0.3) is 11.8 Å².